The molecule has 1 aromatic rings. The number of amides is 1. The third-order valence-electron chi connectivity index (χ3n) is 2.74. The van der Waals surface area contributed by atoms with Gasteiger partial charge in [-0.05, 0) is 44.5 Å². The van der Waals surface area contributed by atoms with Crippen molar-refractivity contribution in [2.45, 2.75) is 45.6 Å². The van der Waals surface area contributed by atoms with E-state index in [1.165, 1.54) is 18.2 Å². The average molecular weight is 283 g/mol. The molecule has 0 fully saturated rings. The standard InChI is InChI=1S/C15H22FNO3/c1-14(2,3)20-13(19)17-12-7-6-10(16)8-11(12)15(4,5)9-18/h6-8,18H,9H2,1-5H3,(H,17,19). The predicted molar refractivity (Wildman–Crippen MR) is 76.4 cm³/mol. The number of rotatable bonds is 3. The summed E-state index contributed by atoms with van der Waals surface area (Å²) in [4.78, 5) is 11.8. The van der Waals surface area contributed by atoms with E-state index in [0.717, 1.165) is 0 Å². The first kappa shape index (κ1) is 16.4. The summed E-state index contributed by atoms with van der Waals surface area (Å²) in [6.45, 7) is 8.64. The van der Waals surface area contributed by atoms with Gasteiger partial charge >= 0.3 is 6.09 Å². The van der Waals surface area contributed by atoms with Crippen LogP contribution in [0, 0.1) is 5.82 Å². The number of halogens is 1. The van der Waals surface area contributed by atoms with Gasteiger partial charge < -0.3 is 9.84 Å². The molecule has 0 unspecified atom stereocenters. The fraction of sp³-hybridized carbons (Fsp3) is 0.533. The predicted octanol–water partition coefficient (Wildman–Crippen LogP) is 3.44. The molecule has 4 nitrogen and oxygen atoms in total. The molecule has 0 saturated carbocycles. The topological polar surface area (TPSA) is 58.6 Å². The minimum Gasteiger partial charge on any atom is -0.444 e. The van der Waals surface area contributed by atoms with Crippen molar-refractivity contribution in [1.82, 2.24) is 0 Å². The van der Waals surface area contributed by atoms with Crippen LogP contribution in [0.2, 0.25) is 0 Å². The molecule has 0 heterocycles. The van der Waals surface area contributed by atoms with Gasteiger partial charge in [0.1, 0.15) is 11.4 Å². The van der Waals surface area contributed by atoms with Crippen LogP contribution in [0.1, 0.15) is 40.2 Å². The monoisotopic (exact) mass is 283 g/mol. The largest absolute Gasteiger partial charge is 0.444 e. The molecule has 0 spiro atoms. The van der Waals surface area contributed by atoms with Crippen LogP contribution in [0.15, 0.2) is 18.2 Å². The lowest BCUT2D eigenvalue weighted by atomic mass is 9.84. The molecule has 0 aliphatic carbocycles. The second-order valence-corrected chi connectivity index (χ2v) is 6.36. The Kier molecular flexibility index (Phi) is 4.76. The van der Waals surface area contributed by atoms with Crippen LogP contribution in [0.5, 0.6) is 0 Å². The second-order valence-electron chi connectivity index (χ2n) is 6.36. The van der Waals surface area contributed by atoms with Crippen molar-refractivity contribution in [1.29, 1.82) is 0 Å². The maximum absolute atomic E-state index is 13.4. The van der Waals surface area contributed by atoms with Gasteiger partial charge in [-0.15, -0.1) is 0 Å². The van der Waals surface area contributed by atoms with E-state index in [2.05, 4.69) is 5.32 Å². The Morgan fingerprint density at radius 2 is 1.90 bits per heavy atom. The van der Waals surface area contributed by atoms with Gasteiger partial charge in [-0.3, -0.25) is 5.32 Å². The number of aliphatic hydroxyl groups is 1. The molecule has 20 heavy (non-hydrogen) atoms. The number of hydrogen-bond acceptors (Lipinski definition) is 3. The van der Waals surface area contributed by atoms with Crippen molar-refractivity contribution in [2.24, 2.45) is 0 Å². The first-order valence-electron chi connectivity index (χ1n) is 6.46. The highest BCUT2D eigenvalue weighted by atomic mass is 19.1. The van der Waals surface area contributed by atoms with Crippen molar-refractivity contribution in [3.05, 3.63) is 29.6 Å². The molecule has 0 aliphatic rings. The minimum absolute atomic E-state index is 0.167. The highest BCUT2D eigenvalue weighted by Crippen LogP contribution is 2.30. The SMILES string of the molecule is CC(C)(C)OC(=O)Nc1ccc(F)cc1C(C)(C)CO. The van der Waals surface area contributed by atoms with E-state index in [9.17, 15) is 14.3 Å². The number of ether oxygens (including phenoxy) is 1. The summed E-state index contributed by atoms with van der Waals surface area (Å²) in [5.74, 6) is -0.420. The van der Waals surface area contributed by atoms with Gasteiger partial charge in [0, 0.05) is 11.1 Å². The van der Waals surface area contributed by atoms with E-state index in [1.54, 1.807) is 34.6 Å². The summed E-state index contributed by atoms with van der Waals surface area (Å²) in [6, 6.07) is 4.03. The summed E-state index contributed by atoms with van der Waals surface area (Å²) >= 11 is 0. The van der Waals surface area contributed by atoms with Crippen molar-refractivity contribution in [3.63, 3.8) is 0 Å². The lowest BCUT2D eigenvalue weighted by molar-refractivity contribution is 0.0635. The third kappa shape index (κ3) is 4.49. The van der Waals surface area contributed by atoms with Gasteiger partial charge in [-0.2, -0.15) is 0 Å². The minimum atomic E-state index is -0.674. The summed E-state index contributed by atoms with van der Waals surface area (Å²) < 4.78 is 18.6. The fourth-order valence-electron chi connectivity index (χ4n) is 1.68. The number of anilines is 1. The van der Waals surface area contributed by atoms with Gasteiger partial charge in [-0.25, -0.2) is 9.18 Å². The average Bonchev–Trinajstić information content (AvgIpc) is 2.29. The van der Waals surface area contributed by atoms with E-state index in [1.807, 2.05) is 0 Å². The van der Waals surface area contributed by atoms with E-state index < -0.39 is 22.9 Å². The third-order valence-corrected chi connectivity index (χ3v) is 2.74. The van der Waals surface area contributed by atoms with Crippen LogP contribution in [0.4, 0.5) is 14.9 Å². The van der Waals surface area contributed by atoms with Crippen LogP contribution in [-0.4, -0.2) is 23.4 Å². The molecule has 0 atom stereocenters. The molecule has 0 bridgehead atoms. The van der Waals surface area contributed by atoms with Crippen molar-refractivity contribution in [3.8, 4) is 0 Å². The van der Waals surface area contributed by atoms with E-state index in [-0.39, 0.29) is 6.61 Å². The number of carbonyl (C=O) groups excluding carboxylic acids is 1. The van der Waals surface area contributed by atoms with Crippen LogP contribution in [-0.2, 0) is 10.2 Å². The normalized spacial score (nSPS) is 12.2. The summed E-state index contributed by atoms with van der Waals surface area (Å²) in [6.07, 6.45) is -0.612. The molecule has 0 aromatic heterocycles. The van der Waals surface area contributed by atoms with Crippen LogP contribution in [0.3, 0.4) is 0 Å². The van der Waals surface area contributed by atoms with Gasteiger partial charge in [0.05, 0.1) is 6.61 Å². The zero-order chi connectivity index (χ0) is 15.6. The zero-order valence-electron chi connectivity index (χ0n) is 12.6. The van der Waals surface area contributed by atoms with Crippen molar-refractivity contribution in [2.75, 3.05) is 11.9 Å². The summed E-state index contributed by atoms with van der Waals surface area (Å²) in [7, 11) is 0. The highest BCUT2D eigenvalue weighted by molar-refractivity contribution is 5.86. The molecule has 0 saturated heterocycles. The molecule has 5 heteroatoms. The molecule has 112 valence electrons. The van der Waals surface area contributed by atoms with Crippen LogP contribution >= 0.6 is 0 Å². The lowest BCUT2D eigenvalue weighted by Gasteiger charge is -2.26. The molecule has 1 rings (SSSR count). The lowest BCUT2D eigenvalue weighted by Crippen LogP contribution is -2.29. The first-order chi connectivity index (χ1) is 9.05. The Morgan fingerprint density at radius 1 is 1.30 bits per heavy atom. The molecule has 1 amide bonds. The number of benzene rings is 1. The molecular formula is C15H22FNO3. The van der Waals surface area contributed by atoms with E-state index in [0.29, 0.717) is 11.3 Å². The number of carbonyl (C=O) groups is 1. The Balaban J connectivity index is 3.04. The van der Waals surface area contributed by atoms with E-state index >= 15 is 0 Å². The zero-order valence-corrected chi connectivity index (χ0v) is 12.6. The smallest absolute Gasteiger partial charge is 0.412 e. The molecule has 0 aliphatic heterocycles. The van der Waals surface area contributed by atoms with Gasteiger partial charge in [0.25, 0.3) is 0 Å². The molecular weight excluding hydrogens is 261 g/mol. The van der Waals surface area contributed by atoms with Crippen LogP contribution in [0.25, 0.3) is 0 Å². The Bertz CT molecular complexity index is 492. The quantitative estimate of drug-likeness (QED) is 0.893. The number of nitrogens with one attached hydrogen (secondary N) is 1. The molecule has 2 N–H and O–H groups in total. The highest BCUT2D eigenvalue weighted by Gasteiger charge is 2.25. The summed E-state index contributed by atoms with van der Waals surface area (Å²) in [5, 5.41) is 12.0. The summed E-state index contributed by atoms with van der Waals surface area (Å²) in [5.41, 5.74) is -0.339. The van der Waals surface area contributed by atoms with Gasteiger partial charge in [0.15, 0.2) is 0 Å². The maximum Gasteiger partial charge on any atom is 0.412 e. The first-order valence-corrected chi connectivity index (χ1v) is 6.46. The Labute approximate surface area is 119 Å². The van der Waals surface area contributed by atoms with Gasteiger partial charge in [-0.1, -0.05) is 13.8 Å². The molecule has 1 aromatic carbocycles. The Hall–Kier alpha value is -1.62. The fourth-order valence-corrected chi connectivity index (χ4v) is 1.68. The number of aliphatic hydroxyl groups excluding tert-OH is 1. The second kappa shape index (κ2) is 5.79. The molecule has 0 radical (unpaired) electrons. The number of hydrogen-bond donors (Lipinski definition) is 2. The van der Waals surface area contributed by atoms with Crippen molar-refractivity contribution < 1.29 is 19.0 Å². The van der Waals surface area contributed by atoms with Crippen molar-refractivity contribution >= 4 is 11.8 Å². The van der Waals surface area contributed by atoms with Gasteiger partial charge in [0.2, 0.25) is 0 Å². The Morgan fingerprint density at radius 3 is 2.40 bits per heavy atom. The maximum atomic E-state index is 13.4. The van der Waals surface area contributed by atoms with Crippen LogP contribution < -0.4 is 5.32 Å². The van der Waals surface area contributed by atoms with E-state index in [4.69, 9.17) is 4.74 Å².